The van der Waals surface area contributed by atoms with Crippen molar-refractivity contribution >= 4 is 55.6 Å². The fourth-order valence-electron chi connectivity index (χ4n) is 5.10. The lowest BCUT2D eigenvalue weighted by atomic mass is 9.95. The van der Waals surface area contributed by atoms with Gasteiger partial charge < -0.3 is 14.5 Å². The monoisotopic (exact) mass is 536 g/mol. The number of esters is 1. The summed E-state index contributed by atoms with van der Waals surface area (Å²) in [4.78, 5) is 32.7. The number of rotatable bonds is 5. The van der Waals surface area contributed by atoms with Crippen LogP contribution in [0.3, 0.4) is 0 Å². The third-order valence-corrected chi connectivity index (χ3v) is 8.23. The Kier molecular flexibility index (Phi) is 6.75. The molecule has 7 heteroatoms. The van der Waals surface area contributed by atoms with Crippen LogP contribution in [-0.4, -0.2) is 18.5 Å². The molecule has 0 unspecified atom stereocenters. The van der Waals surface area contributed by atoms with E-state index in [1.54, 1.807) is 6.92 Å². The summed E-state index contributed by atoms with van der Waals surface area (Å²) in [6.07, 6.45) is 3.82. The molecule has 0 atom stereocenters. The molecule has 0 saturated carbocycles. The number of hydrogen-bond acceptors (Lipinski definition) is 6. The molecule has 6 rings (SSSR count). The zero-order valence-electron chi connectivity index (χ0n) is 21.9. The number of nitrogens with zero attached hydrogens (tertiary/aromatic N) is 1. The molecule has 39 heavy (non-hydrogen) atoms. The van der Waals surface area contributed by atoms with Crippen LogP contribution < -0.4 is 10.9 Å². The van der Waals surface area contributed by atoms with E-state index in [0.29, 0.717) is 27.4 Å². The average Bonchev–Trinajstić information content (AvgIpc) is 3.32. The van der Waals surface area contributed by atoms with Crippen molar-refractivity contribution in [3.05, 3.63) is 99.4 Å². The molecule has 0 saturated heterocycles. The van der Waals surface area contributed by atoms with Crippen LogP contribution in [0.5, 0.6) is 0 Å². The van der Waals surface area contributed by atoms with E-state index < -0.39 is 0 Å². The Hall–Kier alpha value is -4.23. The van der Waals surface area contributed by atoms with Crippen LogP contribution in [0.1, 0.15) is 56.5 Å². The SMILES string of the molecule is CCOC(=O)c1c(/N=c2\oc3ccc4ccccc4c3cc2C(=O)Nc2ccc(C)cc2)sc2c1CCCC2. The Labute approximate surface area is 230 Å². The molecule has 6 nitrogen and oxygen atoms in total. The number of thiophene rings is 1. The van der Waals surface area contributed by atoms with Gasteiger partial charge in [-0.05, 0) is 80.1 Å². The molecule has 1 aliphatic rings. The van der Waals surface area contributed by atoms with Crippen LogP contribution in [0.4, 0.5) is 10.7 Å². The van der Waals surface area contributed by atoms with Crippen LogP contribution >= 0.6 is 11.3 Å². The molecule has 1 aliphatic carbocycles. The predicted octanol–water partition coefficient (Wildman–Crippen LogP) is 7.50. The third-order valence-electron chi connectivity index (χ3n) is 7.05. The lowest BCUT2D eigenvalue weighted by Gasteiger charge is -2.12. The Morgan fingerprint density at radius 3 is 2.62 bits per heavy atom. The number of carbonyl (C=O) groups is 2. The third kappa shape index (κ3) is 4.86. The summed E-state index contributed by atoms with van der Waals surface area (Å²) in [6.45, 7) is 4.07. The van der Waals surface area contributed by atoms with E-state index in [9.17, 15) is 9.59 Å². The van der Waals surface area contributed by atoms with Gasteiger partial charge >= 0.3 is 5.97 Å². The van der Waals surface area contributed by atoms with E-state index in [2.05, 4.69) is 5.32 Å². The first-order valence-electron chi connectivity index (χ1n) is 13.2. The van der Waals surface area contributed by atoms with Crippen LogP contribution in [0.25, 0.3) is 21.7 Å². The first-order chi connectivity index (χ1) is 19.0. The second-order valence-electron chi connectivity index (χ2n) is 9.71. The highest BCUT2D eigenvalue weighted by molar-refractivity contribution is 7.16. The maximum Gasteiger partial charge on any atom is 0.341 e. The number of nitrogens with one attached hydrogen (secondary N) is 1. The van der Waals surface area contributed by atoms with Gasteiger partial charge in [0.2, 0.25) is 5.55 Å². The van der Waals surface area contributed by atoms with E-state index in [0.717, 1.165) is 57.8 Å². The number of aryl methyl sites for hydroxylation is 2. The zero-order valence-corrected chi connectivity index (χ0v) is 22.7. The summed E-state index contributed by atoms with van der Waals surface area (Å²) in [5.41, 5.74) is 4.35. The molecular formula is C32H28N2O4S. The van der Waals surface area contributed by atoms with Crippen LogP contribution in [0.2, 0.25) is 0 Å². The Morgan fingerprint density at radius 1 is 1.00 bits per heavy atom. The second-order valence-corrected chi connectivity index (χ2v) is 10.8. The highest BCUT2D eigenvalue weighted by Crippen LogP contribution is 2.40. The molecule has 0 aliphatic heterocycles. The molecule has 196 valence electrons. The number of benzene rings is 3. The smallest absolute Gasteiger partial charge is 0.341 e. The van der Waals surface area contributed by atoms with Gasteiger partial charge in [-0.15, -0.1) is 11.3 Å². The van der Waals surface area contributed by atoms with Gasteiger partial charge in [-0.2, -0.15) is 0 Å². The van der Waals surface area contributed by atoms with E-state index in [4.69, 9.17) is 14.1 Å². The normalized spacial score (nSPS) is 13.4. The lowest BCUT2D eigenvalue weighted by molar-refractivity contribution is 0.0526. The van der Waals surface area contributed by atoms with Crippen molar-refractivity contribution in [2.45, 2.75) is 39.5 Å². The van der Waals surface area contributed by atoms with Crippen molar-refractivity contribution in [3.63, 3.8) is 0 Å². The molecule has 0 bridgehead atoms. The maximum atomic E-state index is 13.7. The van der Waals surface area contributed by atoms with Gasteiger partial charge in [0.05, 0.1) is 12.2 Å². The van der Waals surface area contributed by atoms with Crippen molar-refractivity contribution in [1.29, 1.82) is 0 Å². The number of amides is 1. The van der Waals surface area contributed by atoms with Crippen LogP contribution in [-0.2, 0) is 17.6 Å². The minimum absolute atomic E-state index is 0.159. The Morgan fingerprint density at radius 2 is 1.79 bits per heavy atom. The molecule has 5 aromatic rings. The first kappa shape index (κ1) is 25.1. The standard InChI is InChI=1S/C32H28N2O4S/c1-3-37-32(36)28-23-10-6-7-11-27(23)39-31(28)34-30-25(29(35)33-21-15-12-19(2)13-16-21)18-24-22-9-5-4-8-20(22)14-17-26(24)38-30/h4-5,8-9,12-18H,3,6-7,10-11H2,1-2H3,(H,33,35)/b34-30-. The quantitative estimate of drug-likeness (QED) is 0.186. The van der Waals surface area contributed by atoms with Gasteiger partial charge in [0, 0.05) is 16.0 Å². The van der Waals surface area contributed by atoms with Gasteiger partial charge in [-0.1, -0.05) is 48.0 Å². The van der Waals surface area contributed by atoms with Crippen molar-refractivity contribution in [1.82, 2.24) is 0 Å². The van der Waals surface area contributed by atoms with Gasteiger partial charge in [0.1, 0.15) is 16.1 Å². The predicted molar refractivity (Wildman–Crippen MR) is 155 cm³/mol. The minimum atomic E-state index is -0.381. The van der Waals surface area contributed by atoms with Gasteiger partial charge in [0.15, 0.2) is 0 Å². The summed E-state index contributed by atoms with van der Waals surface area (Å²) >= 11 is 1.49. The maximum absolute atomic E-state index is 13.7. The van der Waals surface area contributed by atoms with Gasteiger partial charge in [-0.25, -0.2) is 9.79 Å². The van der Waals surface area contributed by atoms with Crippen LogP contribution in [0, 0.1) is 6.92 Å². The van der Waals surface area contributed by atoms with Gasteiger partial charge in [-0.3, -0.25) is 4.79 Å². The summed E-state index contributed by atoms with van der Waals surface area (Å²) in [6, 6.07) is 21.3. The second kappa shape index (κ2) is 10.5. The largest absolute Gasteiger partial charge is 0.462 e. The highest BCUT2D eigenvalue weighted by atomic mass is 32.1. The molecule has 0 fully saturated rings. The van der Waals surface area contributed by atoms with E-state index >= 15 is 0 Å². The highest BCUT2D eigenvalue weighted by Gasteiger charge is 2.27. The number of fused-ring (bicyclic) bond motifs is 4. The topological polar surface area (TPSA) is 80.9 Å². The summed E-state index contributed by atoms with van der Waals surface area (Å²) in [5.74, 6) is -0.719. The zero-order chi connectivity index (χ0) is 26.9. The van der Waals surface area contributed by atoms with Crippen molar-refractivity contribution in [2.75, 3.05) is 11.9 Å². The van der Waals surface area contributed by atoms with Crippen molar-refractivity contribution < 1.29 is 18.7 Å². The van der Waals surface area contributed by atoms with Crippen molar-refractivity contribution in [2.24, 2.45) is 4.99 Å². The summed E-state index contributed by atoms with van der Waals surface area (Å²) in [7, 11) is 0. The van der Waals surface area contributed by atoms with Crippen LogP contribution in [0.15, 0.2) is 76.1 Å². The number of hydrogen-bond donors (Lipinski definition) is 1. The lowest BCUT2D eigenvalue weighted by Crippen LogP contribution is -2.21. The Balaban J connectivity index is 1.57. The first-order valence-corrected chi connectivity index (χ1v) is 14.0. The number of anilines is 1. The minimum Gasteiger partial charge on any atom is -0.462 e. The number of ether oxygens (including phenoxy) is 1. The molecular weight excluding hydrogens is 508 g/mol. The molecule has 0 spiro atoms. The molecule has 0 radical (unpaired) electrons. The molecule has 3 aromatic carbocycles. The van der Waals surface area contributed by atoms with Gasteiger partial charge in [0.25, 0.3) is 5.91 Å². The summed E-state index contributed by atoms with van der Waals surface area (Å²) < 4.78 is 11.8. The fraction of sp³-hybridized carbons (Fsp3) is 0.219. The Bertz CT molecular complexity index is 1800. The molecule has 2 heterocycles. The van der Waals surface area contributed by atoms with E-state index in [1.807, 2.05) is 73.7 Å². The molecule has 2 aromatic heterocycles. The molecule has 1 N–H and O–H groups in total. The summed E-state index contributed by atoms with van der Waals surface area (Å²) in [5, 5.41) is 6.35. The average molecular weight is 537 g/mol. The van der Waals surface area contributed by atoms with Crippen molar-refractivity contribution in [3.8, 4) is 0 Å². The molecule has 1 amide bonds. The van der Waals surface area contributed by atoms with E-state index in [-0.39, 0.29) is 24.0 Å². The van der Waals surface area contributed by atoms with E-state index in [1.165, 1.54) is 11.3 Å². The fourth-order valence-corrected chi connectivity index (χ4v) is 6.34. The number of carbonyl (C=O) groups excluding carboxylic acids is 2.